The standard InChI is InChI=1S/C25H21F3N6O2/c1-15-9-16(7-8-17(15)18-10-29-12-22-19(18)11-31-32(22)2)34-21-6-4-3-5-20(21)33(24(34)36)13-23(35)30-14-25(26,27)28/h3-12H,13-14H2,1-2H3,(H,30,35). The van der Waals surface area contributed by atoms with Gasteiger partial charge in [-0.15, -0.1) is 0 Å². The number of benzene rings is 2. The second-order valence-corrected chi connectivity index (χ2v) is 8.47. The Hall–Kier alpha value is -4.41. The molecule has 0 unspecified atom stereocenters. The predicted molar refractivity (Wildman–Crippen MR) is 129 cm³/mol. The molecule has 0 atom stereocenters. The second-order valence-electron chi connectivity index (χ2n) is 8.47. The number of carbonyl (C=O) groups is 1. The molecule has 0 saturated carbocycles. The zero-order valence-electron chi connectivity index (χ0n) is 19.4. The number of hydrogen-bond acceptors (Lipinski definition) is 4. The van der Waals surface area contributed by atoms with Crippen LogP contribution in [0.2, 0.25) is 0 Å². The van der Waals surface area contributed by atoms with Crippen molar-refractivity contribution >= 4 is 27.8 Å². The number of rotatable bonds is 5. The Morgan fingerprint density at radius 2 is 1.75 bits per heavy atom. The fourth-order valence-electron chi connectivity index (χ4n) is 4.37. The summed E-state index contributed by atoms with van der Waals surface area (Å²) in [7, 11) is 1.84. The maximum Gasteiger partial charge on any atom is 0.405 e. The van der Waals surface area contributed by atoms with E-state index in [4.69, 9.17) is 0 Å². The van der Waals surface area contributed by atoms with Gasteiger partial charge < -0.3 is 5.32 Å². The van der Waals surface area contributed by atoms with E-state index in [1.54, 1.807) is 53.6 Å². The summed E-state index contributed by atoms with van der Waals surface area (Å²) in [4.78, 5) is 29.9. The van der Waals surface area contributed by atoms with Crippen LogP contribution in [0, 0.1) is 6.92 Å². The quantitative estimate of drug-likeness (QED) is 0.404. The number of nitrogens with zero attached hydrogens (tertiary/aromatic N) is 5. The van der Waals surface area contributed by atoms with E-state index in [1.165, 1.54) is 9.13 Å². The molecule has 36 heavy (non-hydrogen) atoms. The van der Waals surface area contributed by atoms with Crippen molar-refractivity contribution in [1.82, 2.24) is 29.2 Å². The smallest absolute Gasteiger partial charge is 0.345 e. The van der Waals surface area contributed by atoms with Gasteiger partial charge in [-0.1, -0.05) is 18.2 Å². The molecule has 2 aromatic carbocycles. The van der Waals surface area contributed by atoms with Gasteiger partial charge in [0.2, 0.25) is 5.91 Å². The highest BCUT2D eigenvalue weighted by Crippen LogP contribution is 2.31. The zero-order chi connectivity index (χ0) is 25.6. The molecule has 1 N–H and O–H groups in total. The number of hydrogen-bond donors (Lipinski definition) is 1. The summed E-state index contributed by atoms with van der Waals surface area (Å²) < 4.78 is 41.9. The normalized spacial score (nSPS) is 11.9. The molecule has 3 aromatic heterocycles. The summed E-state index contributed by atoms with van der Waals surface area (Å²) in [6, 6.07) is 12.4. The molecule has 0 bridgehead atoms. The van der Waals surface area contributed by atoms with Crippen molar-refractivity contribution in [1.29, 1.82) is 0 Å². The van der Waals surface area contributed by atoms with Gasteiger partial charge in [-0.3, -0.25) is 23.6 Å². The van der Waals surface area contributed by atoms with Crippen molar-refractivity contribution in [2.45, 2.75) is 19.6 Å². The van der Waals surface area contributed by atoms with Crippen LogP contribution in [0.15, 0.2) is 65.8 Å². The van der Waals surface area contributed by atoms with Crippen LogP contribution in [-0.2, 0) is 18.4 Å². The van der Waals surface area contributed by atoms with E-state index in [-0.39, 0.29) is 0 Å². The van der Waals surface area contributed by atoms with E-state index in [0.717, 1.165) is 27.6 Å². The number of imidazole rings is 1. The molecule has 184 valence electrons. The van der Waals surface area contributed by atoms with E-state index < -0.39 is 30.9 Å². The van der Waals surface area contributed by atoms with Gasteiger partial charge in [-0.2, -0.15) is 18.3 Å². The first kappa shape index (κ1) is 23.3. The lowest BCUT2D eigenvalue weighted by Crippen LogP contribution is -2.37. The zero-order valence-corrected chi connectivity index (χ0v) is 19.4. The topological polar surface area (TPSA) is 86.7 Å². The molecule has 1 amide bonds. The molecule has 0 fully saturated rings. The van der Waals surface area contributed by atoms with Crippen LogP contribution in [0.5, 0.6) is 0 Å². The average Bonchev–Trinajstić information content (AvgIpc) is 3.35. The number of carbonyl (C=O) groups excluding carboxylic acids is 1. The summed E-state index contributed by atoms with van der Waals surface area (Å²) in [6.07, 6.45) is 0.754. The van der Waals surface area contributed by atoms with Crippen molar-refractivity contribution in [3.8, 4) is 16.8 Å². The SMILES string of the molecule is Cc1cc(-n2c(=O)n(CC(=O)NCC(F)(F)F)c3ccccc32)ccc1-c1cncc2c1cnn2C. The number of amides is 1. The van der Waals surface area contributed by atoms with Gasteiger partial charge in [0.15, 0.2) is 0 Å². The van der Waals surface area contributed by atoms with E-state index in [2.05, 4.69) is 10.1 Å². The summed E-state index contributed by atoms with van der Waals surface area (Å²) >= 11 is 0. The van der Waals surface area contributed by atoms with E-state index in [1.807, 2.05) is 31.4 Å². The van der Waals surface area contributed by atoms with Gasteiger partial charge in [0.25, 0.3) is 0 Å². The van der Waals surface area contributed by atoms with Crippen molar-refractivity contribution in [3.05, 3.63) is 77.1 Å². The summed E-state index contributed by atoms with van der Waals surface area (Å²) in [5, 5.41) is 7.07. The third-order valence-corrected chi connectivity index (χ3v) is 6.06. The molecule has 0 radical (unpaired) electrons. The fourth-order valence-corrected chi connectivity index (χ4v) is 4.37. The highest BCUT2D eigenvalue weighted by atomic mass is 19.4. The van der Waals surface area contributed by atoms with Crippen LogP contribution >= 0.6 is 0 Å². The molecule has 5 rings (SSSR count). The van der Waals surface area contributed by atoms with Crippen molar-refractivity contribution < 1.29 is 18.0 Å². The largest absolute Gasteiger partial charge is 0.405 e. The molecule has 3 heterocycles. The van der Waals surface area contributed by atoms with E-state index >= 15 is 0 Å². The first-order valence-electron chi connectivity index (χ1n) is 11.0. The second kappa shape index (κ2) is 8.67. The van der Waals surface area contributed by atoms with Crippen molar-refractivity contribution in [2.75, 3.05) is 6.54 Å². The van der Waals surface area contributed by atoms with Gasteiger partial charge in [-0.05, 0) is 42.3 Å². The molecule has 0 saturated heterocycles. The van der Waals surface area contributed by atoms with Crippen LogP contribution < -0.4 is 11.0 Å². The van der Waals surface area contributed by atoms with Gasteiger partial charge >= 0.3 is 11.9 Å². The Balaban J connectivity index is 1.56. The van der Waals surface area contributed by atoms with Gasteiger partial charge in [0.1, 0.15) is 13.1 Å². The Morgan fingerprint density at radius 1 is 1.00 bits per heavy atom. The van der Waals surface area contributed by atoms with Crippen LogP contribution in [0.3, 0.4) is 0 Å². The van der Waals surface area contributed by atoms with Crippen molar-refractivity contribution in [2.24, 2.45) is 7.05 Å². The van der Waals surface area contributed by atoms with Gasteiger partial charge in [-0.25, -0.2) is 4.79 Å². The maximum absolute atomic E-state index is 13.4. The Morgan fingerprint density at radius 3 is 2.47 bits per heavy atom. The number of para-hydroxylation sites is 2. The Bertz CT molecular complexity index is 1680. The summed E-state index contributed by atoms with van der Waals surface area (Å²) in [6.45, 7) is -0.0740. The lowest BCUT2D eigenvalue weighted by atomic mass is 9.99. The van der Waals surface area contributed by atoms with Gasteiger partial charge in [0, 0.05) is 24.2 Å². The third kappa shape index (κ3) is 4.12. The number of halogens is 3. The fraction of sp³-hybridized carbons (Fsp3) is 0.200. The molecular formula is C25H21F3N6O2. The minimum absolute atomic E-state index is 0.440. The summed E-state index contributed by atoms with van der Waals surface area (Å²) in [5.74, 6) is -0.902. The number of aromatic nitrogens is 5. The Labute approximate surface area is 202 Å². The molecule has 0 aliphatic rings. The lowest BCUT2D eigenvalue weighted by Gasteiger charge is -2.11. The van der Waals surface area contributed by atoms with Crippen LogP contribution in [-0.4, -0.2) is 42.5 Å². The highest BCUT2D eigenvalue weighted by molar-refractivity contribution is 5.94. The van der Waals surface area contributed by atoms with E-state index in [9.17, 15) is 22.8 Å². The van der Waals surface area contributed by atoms with Crippen molar-refractivity contribution in [3.63, 3.8) is 0 Å². The molecule has 5 aromatic rings. The minimum Gasteiger partial charge on any atom is -0.345 e. The van der Waals surface area contributed by atoms with Crippen LogP contribution in [0.1, 0.15) is 5.56 Å². The average molecular weight is 494 g/mol. The Kier molecular flexibility index (Phi) is 5.62. The van der Waals surface area contributed by atoms with Crippen LogP contribution in [0.4, 0.5) is 13.2 Å². The molecule has 0 aliphatic carbocycles. The molecule has 0 aliphatic heterocycles. The maximum atomic E-state index is 13.4. The van der Waals surface area contributed by atoms with Crippen LogP contribution in [0.25, 0.3) is 38.8 Å². The number of alkyl halides is 3. The first-order valence-corrected chi connectivity index (χ1v) is 11.0. The number of nitrogens with one attached hydrogen (secondary N) is 1. The van der Waals surface area contributed by atoms with Gasteiger partial charge in [0.05, 0.1) is 34.6 Å². The highest BCUT2D eigenvalue weighted by Gasteiger charge is 2.28. The first-order chi connectivity index (χ1) is 17.1. The third-order valence-electron chi connectivity index (χ3n) is 6.06. The molecular weight excluding hydrogens is 473 g/mol. The number of fused-ring (bicyclic) bond motifs is 2. The number of aryl methyl sites for hydroxylation is 2. The lowest BCUT2D eigenvalue weighted by molar-refractivity contribution is -0.138. The van der Waals surface area contributed by atoms with E-state index in [0.29, 0.717) is 16.7 Å². The monoisotopic (exact) mass is 494 g/mol. The predicted octanol–water partition coefficient (Wildman–Crippen LogP) is 3.73. The minimum atomic E-state index is -4.54. The molecule has 11 heteroatoms. The molecule has 8 nitrogen and oxygen atoms in total. The summed E-state index contributed by atoms with van der Waals surface area (Å²) in [5.41, 5.74) is 4.62. The number of pyridine rings is 1. The molecule has 0 spiro atoms.